The number of pyridine rings is 2. The van der Waals surface area contributed by atoms with E-state index in [1.54, 1.807) is 57.5 Å². The molecule has 0 saturated carbocycles. The molecule has 2 aromatic heterocycles. The van der Waals surface area contributed by atoms with E-state index in [0.29, 0.717) is 43.6 Å². The number of aromatic nitrogens is 2. The predicted molar refractivity (Wildman–Crippen MR) is 182 cm³/mol. The SMILES string of the molecule is COc1ccc(Oc2nc(Br)ccc2[N+](Cc2ccccc2OC)(C(C)=O)c2ccc(Br)nc2Oc2cccc(C)c2C)cc1. The molecule has 0 spiro atoms. The highest BCUT2D eigenvalue weighted by Gasteiger charge is 2.46. The summed E-state index contributed by atoms with van der Waals surface area (Å²) in [6, 6.07) is 27.8. The first kappa shape index (κ1) is 32.2. The smallest absolute Gasteiger partial charge is 0.321 e. The molecular weight excluding hydrogens is 702 g/mol. The molecule has 0 aliphatic carbocycles. The molecule has 0 aliphatic heterocycles. The fourth-order valence-electron chi connectivity index (χ4n) is 5.09. The molecule has 230 valence electrons. The van der Waals surface area contributed by atoms with E-state index in [1.165, 1.54) is 0 Å². The highest BCUT2D eigenvalue weighted by molar-refractivity contribution is 9.10. The van der Waals surface area contributed by atoms with Crippen molar-refractivity contribution >= 4 is 49.1 Å². The van der Waals surface area contributed by atoms with Crippen molar-refractivity contribution in [3.8, 4) is 34.8 Å². The second kappa shape index (κ2) is 13.8. The predicted octanol–water partition coefficient (Wildman–Crippen LogP) is 9.61. The second-order valence-electron chi connectivity index (χ2n) is 10.3. The Morgan fingerprint density at radius 1 is 0.689 bits per heavy atom. The topological polar surface area (TPSA) is 79.8 Å². The van der Waals surface area contributed by atoms with E-state index in [0.717, 1.165) is 16.7 Å². The third-order valence-corrected chi connectivity index (χ3v) is 8.49. The standard InChI is InChI=1S/C35H32Br2N3O5/c1-22-9-8-12-30(23(22)2)45-35-29(18-20-33(37)39-35)40(24(3)41,21-25-10-6-7-11-31(25)43-5)28-17-19-32(36)38-34(28)44-27-15-13-26(42-4)14-16-27/h6-20H,21H2,1-5H3/q+1. The van der Waals surface area contributed by atoms with E-state index in [4.69, 9.17) is 28.9 Å². The minimum Gasteiger partial charge on any atom is -0.497 e. The molecule has 5 rings (SSSR count). The zero-order valence-electron chi connectivity index (χ0n) is 25.5. The van der Waals surface area contributed by atoms with Crippen molar-refractivity contribution in [2.24, 2.45) is 0 Å². The van der Waals surface area contributed by atoms with Gasteiger partial charge in [0.05, 0.1) is 21.1 Å². The van der Waals surface area contributed by atoms with Crippen molar-refractivity contribution in [2.45, 2.75) is 27.3 Å². The molecule has 5 aromatic rings. The molecule has 0 saturated heterocycles. The van der Waals surface area contributed by atoms with E-state index in [9.17, 15) is 4.79 Å². The first-order valence-corrected chi connectivity index (χ1v) is 15.7. The quantitative estimate of drug-likeness (QED) is 0.104. The van der Waals surface area contributed by atoms with Crippen LogP contribution in [0.4, 0.5) is 11.4 Å². The lowest BCUT2D eigenvalue weighted by molar-refractivity contribution is -0.125. The highest BCUT2D eigenvalue weighted by Crippen LogP contribution is 2.49. The molecule has 1 atom stereocenters. The summed E-state index contributed by atoms with van der Waals surface area (Å²) >= 11 is 7.01. The number of nitrogens with zero attached hydrogens (tertiary/aromatic N) is 3. The number of carbonyl (C=O) groups excluding carboxylic acids is 1. The number of amides is 1. The van der Waals surface area contributed by atoms with Crippen LogP contribution in [-0.4, -0.2) is 30.1 Å². The Bertz CT molecular complexity index is 1850. The van der Waals surface area contributed by atoms with Gasteiger partial charge in [-0.05, 0) is 111 Å². The number of benzene rings is 3. The van der Waals surface area contributed by atoms with Crippen molar-refractivity contribution < 1.29 is 23.7 Å². The summed E-state index contributed by atoms with van der Waals surface area (Å²) in [5.41, 5.74) is 3.78. The van der Waals surface area contributed by atoms with E-state index in [-0.39, 0.29) is 28.7 Å². The molecule has 0 radical (unpaired) electrons. The third-order valence-electron chi connectivity index (χ3n) is 7.61. The number of para-hydroxylation sites is 1. The van der Waals surface area contributed by atoms with Gasteiger partial charge in [0, 0.05) is 17.7 Å². The number of methoxy groups -OCH3 is 2. The Balaban J connectivity index is 1.79. The summed E-state index contributed by atoms with van der Waals surface area (Å²) in [7, 11) is 3.21. The fraction of sp³-hybridized carbons (Fsp3) is 0.171. The zero-order valence-corrected chi connectivity index (χ0v) is 28.7. The fourth-order valence-corrected chi connectivity index (χ4v) is 5.67. The molecule has 10 heteroatoms. The average Bonchev–Trinajstić information content (AvgIpc) is 3.03. The molecule has 0 aliphatic rings. The van der Waals surface area contributed by atoms with Crippen LogP contribution in [0.25, 0.3) is 0 Å². The molecule has 3 aromatic carbocycles. The van der Waals surface area contributed by atoms with Crippen LogP contribution >= 0.6 is 31.9 Å². The van der Waals surface area contributed by atoms with Crippen LogP contribution in [0, 0.1) is 13.8 Å². The van der Waals surface area contributed by atoms with Crippen LogP contribution in [0.15, 0.2) is 100 Å². The molecule has 1 unspecified atom stereocenters. The van der Waals surface area contributed by atoms with Gasteiger partial charge in [0.1, 0.15) is 38.7 Å². The van der Waals surface area contributed by atoms with Crippen LogP contribution < -0.4 is 23.4 Å². The second-order valence-corrected chi connectivity index (χ2v) is 11.9. The number of halogens is 2. The summed E-state index contributed by atoms with van der Waals surface area (Å²) in [4.78, 5) is 23.9. The highest BCUT2D eigenvalue weighted by atomic mass is 79.9. The van der Waals surface area contributed by atoms with Gasteiger partial charge in [-0.3, -0.25) is 0 Å². The van der Waals surface area contributed by atoms with Crippen LogP contribution in [0.5, 0.6) is 34.8 Å². The summed E-state index contributed by atoms with van der Waals surface area (Å²) in [5.74, 6) is 2.71. The minimum absolute atomic E-state index is 0.147. The molecule has 0 fully saturated rings. The van der Waals surface area contributed by atoms with E-state index < -0.39 is 0 Å². The number of ether oxygens (including phenoxy) is 4. The summed E-state index contributed by atoms with van der Waals surface area (Å²) in [6.07, 6.45) is 0. The van der Waals surface area contributed by atoms with Crippen LogP contribution in [0.1, 0.15) is 23.6 Å². The lowest BCUT2D eigenvalue weighted by atomic mass is 10.1. The summed E-state index contributed by atoms with van der Waals surface area (Å²) in [6.45, 7) is 5.70. The van der Waals surface area contributed by atoms with Gasteiger partial charge >= 0.3 is 5.91 Å². The number of carbonyl (C=O) groups is 1. The Labute approximate surface area is 279 Å². The molecule has 2 heterocycles. The molecule has 1 amide bonds. The monoisotopic (exact) mass is 732 g/mol. The molecule has 8 nitrogen and oxygen atoms in total. The maximum atomic E-state index is 14.4. The maximum Gasteiger partial charge on any atom is 0.321 e. The van der Waals surface area contributed by atoms with Gasteiger partial charge in [-0.15, -0.1) is 0 Å². The lowest BCUT2D eigenvalue weighted by Crippen LogP contribution is -2.48. The normalized spacial score (nSPS) is 12.2. The van der Waals surface area contributed by atoms with Crippen molar-refractivity contribution in [3.63, 3.8) is 0 Å². The Morgan fingerprint density at radius 2 is 1.27 bits per heavy atom. The Morgan fingerprint density at radius 3 is 1.87 bits per heavy atom. The van der Waals surface area contributed by atoms with E-state index in [2.05, 4.69) is 31.9 Å². The lowest BCUT2D eigenvalue weighted by Gasteiger charge is -2.35. The summed E-state index contributed by atoms with van der Waals surface area (Å²) < 4.78 is 24.7. The number of quaternary nitrogens is 1. The number of hydrogen-bond acceptors (Lipinski definition) is 7. The van der Waals surface area contributed by atoms with Gasteiger partial charge in [0.25, 0.3) is 11.8 Å². The third kappa shape index (κ3) is 6.73. The van der Waals surface area contributed by atoms with Gasteiger partial charge in [-0.1, -0.05) is 24.3 Å². The minimum atomic E-state index is -0.382. The van der Waals surface area contributed by atoms with Crippen molar-refractivity contribution in [2.75, 3.05) is 14.2 Å². The van der Waals surface area contributed by atoms with Crippen LogP contribution in [-0.2, 0) is 11.3 Å². The Kier molecular flexibility index (Phi) is 9.86. The van der Waals surface area contributed by atoms with E-state index >= 15 is 0 Å². The van der Waals surface area contributed by atoms with Crippen molar-refractivity contribution in [1.29, 1.82) is 0 Å². The van der Waals surface area contributed by atoms with Gasteiger partial charge in [-0.2, -0.15) is 4.48 Å². The van der Waals surface area contributed by atoms with Gasteiger partial charge in [0.2, 0.25) is 11.4 Å². The first-order valence-electron chi connectivity index (χ1n) is 14.1. The number of rotatable bonds is 10. The maximum absolute atomic E-state index is 14.4. The zero-order chi connectivity index (χ0) is 32.1. The largest absolute Gasteiger partial charge is 0.497 e. The van der Waals surface area contributed by atoms with Gasteiger partial charge < -0.3 is 18.9 Å². The molecule has 0 bridgehead atoms. The van der Waals surface area contributed by atoms with Crippen molar-refractivity contribution in [1.82, 2.24) is 14.5 Å². The first-order chi connectivity index (χ1) is 21.7. The molecule has 0 N–H and O–H groups in total. The van der Waals surface area contributed by atoms with Gasteiger partial charge in [-0.25, -0.2) is 14.8 Å². The molecular formula is C35H32Br2N3O5+. The molecule has 45 heavy (non-hydrogen) atoms. The van der Waals surface area contributed by atoms with Crippen LogP contribution in [0.2, 0.25) is 0 Å². The van der Waals surface area contributed by atoms with Gasteiger partial charge in [0.15, 0.2) is 0 Å². The van der Waals surface area contributed by atoms with E-state index in [1.807, 2.05) is 68.4 Å². The van der Waals surface area contributed by atoms with Crippen LogP contribution in [0.3, 0.4) is 0 Å². The Hall–Kier alpha value is -4.25. The van der Waals surface area contributed by atoms with Crippen molar-refractivity contribution in [3.05, 3.63) is 117 Å². The number of hydrogen-bond donors (Lipinski definition) is 0. The number of aryl methyl sites for hydroxylation is 1. The summed E-state index contributed by atoms with van der Waals surface area (Å²) in [5, 5.41) is 0. The average molecular weight is 734 g/mol.